The molecule has 6 nitrogen and oxygen atoms in total. The molecule has 114 valence electrons. The Morgan fingerprint density at radius 1 is 1.36 bits per heavy atom. The second-order valence-corrected chi connectivity index (χ2v) is 5.56. The van der Waals surface area contributed by atoms with Crippen LogP contribution >= 0.6 is 0 Å². The van der Waals surface area contributed by atoms with E-state index in [1.165, 1.54) is 0 Å². The van der Waals surface area contributed by atoms with Crippen LogP contribution in [-0.2, 0) is 9.59 Å². The van der Waals surface area contributed by atoms with Crippen LogP contribution in [0.15, 0.2) is 34.9 Å². The highest BCUT2D eigenvalue weighted by Gasteiger charge is 2.35. The topological polar surface area (TPSA) is 75.4 Å². The number of rotatable bonds is 3. The SMILES string of the molecule is Cc1cccc(N2CC(C(=O)Nc3cc(C)on3)CC2=O)c1. The first-order valence-corrected chi connectivity index (χ1v) is 7.14. The zero-order chi connectivity index (χ0) is 15.7. The first-order chi connectivity index (χ1) is 10.5. The molecule has 1 atom stereocenters. The number of aromatic nitrogens is 1. The Kier molecular flexibility index (Phi) is 3.66. The van der Waals surface area contributed by atoms with Crippen molar-refractivity contribution in [3.05, 3.63) is 41.7 Å². The summed E-state index contributed by atoms with van der Waals surface area (Å²) in [4.78, 5) is 26.1. The lowest BCUT2D eigenvalue weighted by atomic mass is 10.1. The van der Waals surface area contributed by atoms with Crippen LogP contribution in [0.4, 0.5) is 11.5 Å². The van der Waals surface area contributed by atoms with Crippen molar-refractivity contribution in [2.24, 2.45) is 5.92 Å². The van der Waals surface area contributed by atoms with Crippen LogP contribution in [0, 0.1) is 19.8 Å². The van der Waals surface area contributed by atoms with Gasteiger partial charge < -0.3 is 14.7 Å². The summed E-state index contributed by atoms with van der Waals surface area (Å²) in [6, 6.07) is 9.35. The van der Waals surface area contributed by atoms with E-state index in [9.17, 15) is 9.59 Å². The minimum Gasteiger partial charge on any atom is -0.360 e. The number of anilines is 2. The van der Waals surface area contributed by atoms with E-state index in [0.717, 1.165) is 11.3 Å². The van der Waals surface area contributed by atoms with E-state index in [1.54, 1.807) is 17.9 Å². The Hall–Kier alpha value is -2.63. The lowest BCUT2D eigenvalue weighted by Gasteiger charge is -2.17. The van der Waals surface area contributed by atoms with Gasteiger partial charge in [0.1, 0.15) is 5.76 Å². The second-order valence-electron chi connectivity index (χ2n) is 5.56. The van der Waals surface area contributed by atoms with Gasteiger partial charge in [-0.1, -0.05) is 17.3 Å². The summed E-state index contributed by atoms with van der Waals surface area (Å²) in [6.07, 6.45) is 0.205. The van der Waals surface area contributed by atoms with Crippen LogP contribution in [0.5, 0.6) is 0 Å². The van der Waals surface area contributed by atoms with E-state index < -0.39 is 0 Å². The highest BCUT2D eigenvalue weighted by Crippen LogP contribution is 2.26. The lowest BCUT2D eigenvalue weighted by Crippen LogP contribution is -2.28. The van der Waals surface area contributed by atoms with Crippen LogP contribution in [0.25, 0.3) is 0 Å². The van der Waals surface area contributed by atoms with Gasteiger partial charge in [0.2, 0.25) is 11.8 Å². The van der Waals surface area contributed by atoms with Crippen molar-refractivity contribution in [1.29, 1.82) is 0 Å². The first kappa shape index (κ1) is 14.3. The molecule has 22 heavy (non-hydrogen) atoms. The van der Waals surface area contributed by atoms with Gasteiger partial charge >= 0.3 is 0 Å². The van der Waals surface area contributed by atoms with E-state index in [2.05, 4.69) is 10.5 Å². The van der Waals surface area contributed by atoms with Crippen LogP contribution in [-0.4, -0.2) is 23.5 Å². The normalized spacial score (nSPS) is 17.8. The van der Waals surface area contributed by atoms with Crippen LogP contribution in [0.3, 0.4) is 0 Å². The number of nitrogens with one attached hydrogen (secondary N) is 1. The average molecular weight is 299 g/mol. The summed E-state index contributed by atoms with van der Waals surface area (Å²) >= 11 is 0. The number of carbonyl (C=O) groups excluding carboxylic acids is 2. The Balaban J connectivity index is 1.70. The van der Waals surface area contributed by atoms with Gasteiger partial charge in [-0.2, -0.15) is 0 Å². The minimum atomic E-state index is -0.384. The molecule has 0 bridgehead atoms. The summed E-state index contributed by atoms with van der Waals surface area (Å²) in [5, 5.41) is 6.42. The third-order valence-electron chi connectivity index (χ3n) is 3.69. The molecule has 0 spiro atoms. The third kappa shape index (κ3) is 2.86. The highest BCUT2D eigenvalue weighted by atomic mass is 16.5. The molecular formula is C16H17N3O3. The smallest absolute Gasteiger partial charge is 0.231 e. The van der Waals surface area contributed by atoms with E-state index in [1.807, 2.05) is 31.2 Å². The monoisotopic (exact) mass is 299 g/mol. The van der Waals surface area contributed by atoms with Crippen LogP contribution in [0.2, 0.25) is 0 Å². The van der Waals surface area contributed by atoms with Crippen molar-refractivity contribution in [2.75, 3.05) is 16.8 Å². The second kappa shape index (κ2) is 5.63. The zero-order valence-electron chi connectivity index (χ0n) is 12.5. The molecule has 0 radical (unpaired) electrons. The Morgan fingerprint density at radius 2 is 2.18 bits per heavy atom. The van der Waals surface area contributed by atoms with E-state index >= 15 is 0 Å². The molecule has 0 aliphatic carbocycles. The maximum absolute atomic E-state index is 12.2. The summed E-state index contributed by atoms with van der Waals surface area (Å²) in [5.74, 6) is 0.368. The number of aryl methyl sites for hydroxylation is 2. The summed E-state index contributed by atoms with van der Waals surface area (Å²) in [6.45, 7) is 4.10. The van der Waals surface area contributed by atoms with Crippen LogP contribution < -0.4 is 10.2 Å². The molecule has 1 saturated heterocycles. The number of hydrogen-bond acceptors (Lipinski definition) is 4. The molecule has 2 amide bonds. The average Bonchev–Trinajstić information content (AvgIpc) is 3.05. The Morgan fingerprint density at radius 3 is 2.86 bits per heavy atom. The fraction of sp³-hybridized carbons (Fsp3) is 0.312. The van der Waals surface area contributed by atoms with E-state index in [-0.39, 0.29) is 24.2 Å². The van der Waals surface area contributed by atoms with Gasteiger partial charge in [-0.15, -0.1) is 0 Å². The number of benzene rings is 1. The van der Waals surface area contributed by atoms with Crippen molar-refractivity contribution in [3.8, 4) is 0 Å². The first-order valence-electron chi connectivity index (χ1n) is 7.14. The molecule has 1 aliphatic rings. The Labute approximate surface area is 128 Å². The maximum Gasteiger partial charge on any atom is 0.231 e. The maximum atomic E-state index is 12.2. The van der Waals surface area contributed by atoms with Crippen molar-refractivity contribution < 1.29 is 14.1 Å². The molecule has 0 saturated carbocycles. The highest BCUT2D eigenvalue weighted by molar-refractivity contribution is 6.03. The summed E-state index contributed by atoms with van der Waals surface area (Å²) in [5.41, 5.74) is 1.91. The molecule has 1 aromatic heterocycles. The van der Waals surface area contributed by atoms with Gasteiger partial charge in [-0.05, 0) is 31.5 Å². The molecule has 1 aromatic carbocycles. The molecule has 3 rings (SSSR count). The molecule has 1 unspecified atom stereocenters. The van der Waals surface area contributed by atoms with Gasteiger partial charge in [-0.25, -0.2) is 0 Å². The molecule has 2 heterocycles. The third-order valence-corrected chi connectivity index (χ3v) is 3.69. The van der Waals surface area contributed by atoms with Crippen molar-refractivity contribution in [1.82, 2.24) is 5.16 Å². The zero-order valence-corrected chi connectivity index (χ0v) is 12.5. The molecule has 1 aliphatic heterocycles. The predicted molar refractivity (Wildman–Crippen MR) is 81.5 cm³/mol. The largest absolute Gasteiger partial charge is 0.360 e. The van der Waals surface area contributed by atoms with Crippen molar-refractivity contribution in [3.63, 3.8) is 0 Å². The van der Waals surface area contributed by atoms with Gasteiger partial charge in [0, 0.05) is 24.7 Å². The number of hydrogen-bond donors (Lipinski definition) is 1. The fourth-order valence-electron chi connectivity index (χ4n) is 2.58. The van der Waals surface area contributed by atoms with Gasteiger partial charge in [0.15, 0.2) is 5.82 Å². The summed E-state index contributed by atoms with van der Waals surface area (Å²) < 4.78 is 4.91. The molecule has 1 N–H and O–H groups in total. The van der Waals surface area contributed by atoms with Gasteiger partial charge in [-0.3, -0.25) is 9.59 Å². The standard InChI is InChI=1S/C16H17N3O3/c1-10-4-3-5-13(6-10)19-9-12(8-15(19)20)16(21)17-14-7-11(2)22-18-14/h3-7,12H,8-9H2,1-2H3,(H,17,18,21). The number of amides is 2. The van der Waals surface area contributed by atoms with Crippen molar-refractivity contribution in [2.45, 2.75) is 20.3 Å². The Bertz CT molecular complexity index is 723. The quantitative estimate of drug-likeness (QED) is 0.943. The van der Waals surface area contributed by atoms with Crippen molar-refractivity contribution >= 4 is 23.3 Å². The minimum absolute atomic E-state index is 0.0397. The predicted octanol–water partition coefficient (Wildman–Crippen LogP) is 2.28. The van der Waals surface area contributed by atoms with Crippen LogP contribution in [0.1, 0.15) is 17.7 Å². The number of nitrogens with zero attached hydrogens (tertiary/aromatic N) is 2. The molecule has 6 heteroatoms. The van der Waals surface area contributed by atoms with Gasteiger partial charge in [0.25, 0.3) is 0 Å². The van der Waals surface area contributed by atoms with Gasteiger partial charge in [0.05, 0.1) is 5.92 Å². The molecular weight excluding hydrogens is 282 g/mol. The van der Waals surface area contributed by atoms with E-state index in [4.69, 9.17) is 4.52 Å². The fourth-order valence-corrected chi connectivity index (χ4v) is 2.58. The van der Waals surface area contributed by atoms with E-state index in [0.29, 0.717) is 18.1 Å². The number of carbonyl (C=O) groups is 2. The lowest BCUT2D eigenvalue weighted by molar-refractivity contribution is -0.122. The summed E-state index contributed by atoms with van der Waals surface area (Å²) in [7, 11) is 0. The molecule has 1 fully saturated rings. The molecule has 2 aromatic rings.